The Morgan fingerprint density at radius 2 is 2.23 bits per heavy atom. The lowest BCUT2D eigenvalue weighted by Gasteiger charge is -1.99. The predicted octanol–water partition coefficient (Wildman–Crippen LogP) is 2.31. The number of nitrogens with one attached hydrogen (secondary N) is 1. The first-order valence-electron chi connectivity index (χ1n) is 3.81. The van der Waals surface area contributed by atoms with E-state index in [9.17, 15) is 4.79 Å². The van der Waals surface area contributed by atoms with Crippen molar-refractivity contribution in [2.45, 2.75) is 6.42 Å². The number of carbonyl (C=O) groups excluding carboxylic acids is 1. The molecule has 0 heterocycles. The quantitative estimate of drug-likeness (QED) is 0.723. The maximum absolute atomic E-state index is 10.1. The van der Waals surface area contributed by atoms with Crippen molar-refractivity contribution in [3.63, 3.8) is 0 Å². The van der Waals surface area contributed by atoms with Crippen LogP contribution in [-0.2, 0) is 4.79 Å². The average molecular weight is 218 g/mol. The van der Waals surface area contributed by atoms with Crippen molar-refractivity contribution in [2.24, 2.45) is 0 Å². The van der Waals surface area contributed by atoms with Gasteiger partial charge in [-0.25, -0.2) is 0 Å². The van der Waals surface area contributed by atoms with Gasteiger partial charge in [-0.3, -0.25) is 4.79 Å². The highest BCUT2D eigenvalue weighted by Crippen LogP contribution is 2.20. The summed E-state index contributed by atoms with van der Waals surface area (Å²) in [5, 5.41) is 3.91. The Hall–Kier alpha value is -0.730. The number of halogens is 2. The molecule has 0 fully saturated rings. The molecule has 1 rings (SSSR count). The summed E-state index contributed by atoms with van der Waals surface area (Å²) in [5.41, 5.74) is 0.899. The van der Waals surface area contributed by atoms with Crippen molar-refractivity contribution in [3.8, 4) is 0 Å². The summed E-state index contributed by atoms with van der Waals surface area (Å²) in [6.07, 6.45) is 6.71. The van der Waals surface area contributed by atoms with E-state index >= 15 is 0 Å². The molecule has 13 heavy (non-hydrogen) atoms. The fraction of sp³-hybridized carbons (Fsp3) is 0.222. The number of amides is 1. The smallest absolute Gasteiger partial charge is 0.207 e. The van der Waals surface area contributed by atoms with Gasteiger partial charge in [-0.1, -0.05) is 29.3 Å². The molecule has 0 atom stereocenters. The molecule has 1 aliphatic rings. The van der Waals surface area contributed by atoms with Crippen LogP contribution in [0, 0.1) is 0 Å². The summed E-state index contributed by atoms with van der Waals surface area (Å²) in [7, 11) is 0. The van der Waals surface area contributed by atoms with Gasteiger partial charge in [0.05, 0.1) is 0 Å². The first-order valence-corrected chi connectivity index (χ1v) is 4.57. The third kappa shape index (κ3) is 3.66. The van der Waals surface area contributed by atoms with Gasteiger partial charge in [-0.05, 0) is 17.7 Å². The van der Waals surface area contributed by atoms with E-state index in [2.05, 4.69) is 5.32 Å². The van der Waals surface area contributed by atoms with Crippen molar-refractivity contribution in [1.82, 2.24) is 5.32 Å². The minimum Gasteiger partial charge on any atom is -0.355 e. The van der Waals surface area contributed by atoms with Crippen molar-refractivity contribution in [2.75, 3.05) is 6.54 Å². The molecule has 0 saturated carbocycles. The first-order chi connectivity index (χ1) is 6.22. The van der Waals surface area contributed by atoms with Crippen molar-refractivity contribution in [3.05, 3.63) is 33.9 Å². The summed E-state index contributed by atoms with van der Waals surface area (Å²) in [6.45, 7) is 0.448. The van der Waals surface area contributed by atoms with Crippen LogP contribution in [0.2, 0.25) is 0 Å². The fourth-order valence-corrected chi connectivity index (χ4v) is 1.43. The predicted molar refractivity (Wildman–Crippen MR) is 54.6 cm³/mol. The Bertz CT molecular complexity index is 292. The third-order valence-electron chi connectivity index (χ3n) is 1.55. The SMILES string of the molecule is O=CNCC1=CC(Cl)=CCC(Cl)=C1. The van der Waals surface area contributed by atoms with E-state index in [1.807, 2.05) is 12.2 Å². The second-order valence-electron chi connectivity index (χ2n) is 2.60. The van der Waals surface area contributed by atoms with Crippen LogP contribution in [0.5, 0.6) is 0 Å². The van der Waals surface area contributed by atoms with Crippen LogP contribution in [0.25, 0.3) is 0 Å². The van der Waals surface area contributed by atoms with Gasteiger partial charge in [0.2, 0.25) is 6.41 Å². The van der Waals surface area contributed by atoms with Gasteiger partial charge in [0.1, 0.15) is 0 Å². The molecule has 0 aromatic heterocycles. The maximum atomic E-state index is 10.1. The molecule has 4 heteroatoms. The Morgan fingerprint density at radius 1 is 1.46 bits per heavy atom. The highest BCUT2D eigenvalue weighted by atomic mass is 35.5. The van der Waals surface area contributed by atoms with Gasteiger partial charge >= 0.3 is 0 Å². The Kier molecular flexibility index (Phi) is 4.06. The van der Waals surface area contributed by atoms with Gasteiger partial charge in [0.15, 0.2) is 0 Å². The third-order valence-corrected chi connectivity index (χ3v) is 2.07. The van der Waals surface area contributed by atoms with Crippen molar-refractivity contribution < 1.29 is 4.79 Å². The summed E-state index contributed by atoms with van der Waals surface area (Å²) in [6, 6.07) is 0. The molecule has 1 aliphatic carbocycles. The molecule has 2 nitrogen and oxygen atoms in total. The topological polar surface area (TPSA) is 29.1 Å². The molecular formula is C9H9Cl2NO. The van der Waals surface area contributed by atoms with Crippen LogP contribution in [-0.4, -0.2) is 13.0 Å². The van der Waals surface area contributed by atoms with Crippen LogP contribution in [0.15, 0.2) is 33.9 Å². The van der Waals surface area contributed by atoms with Crippen LogP contribution in [0.3, 0.4) is 0 Å². The van der Waals surface area contributed by atoms with E-state index in [0.717, 1.165) is 10.6 Å². The lowest BCUT2D eigenvalue weighted by atomic mass is 10.2. The van der Waals surface area contributed by atoms with Gasteiger partial charge < -0.3 is 5.32 Å². The van der Waals surface area contributed by atoms with Crippen LogP contribution < -0.4 is 5.32 Å². The number of hydrogen-bond acceptors (Lipinski definition) is 1. The van der Waals surface area contributed by atoms with Gasteiger partial charge in [0, 0.05) is 23.0 Å². The minimum absolute atomic E-state index is 0.448. The Morgan fingerprint density at radius 3 is 2.92 bits per heavy atom. The van der Waals surface area contributed by atoms with Crippen LogP contribution >= 0.6 is 23.2 Å². The number of allylic oxidation sites excluding steroid dienone is 4. The van der Waals surface area contributed by atoms with Gasteiger partial charge in [-0.15, -0.1) is 0 Å². The standard InChI is InChI=1S/C9H9Cl2NO/c10-8-1-2-9(11)4-7(3-8)5-12-6-13/h1,3-4,6H,2,5H2,(H,12,13). The minimum atomic E-state index is 0.448. The normalized spacial score (nSPS) is 16.6. The second kappa shape index (κ2) is 5.10. The molecule has 70 valence electrons. The molecule has 1 N–H and O–H groups in total. The van der Waals surface area contributed by atoms with Crippen LogP contribution in [0.4, 0.5) is 0 Å². The summed E-state index contributed by atoms with van der Waals surface area (Å²) < 4.78 is 0. The molecule has 0 unspecified atom stereocenters. The largest absolute Gasteiger partial charge is 0.355 e. The molecule has 0 aliphatic heterocycles. The summed E-state index contributed by atoms with van der Waals surface area (Å²) >= 11 is 11.7. The molecular weight excluding hydrogens is 209 g/mol. The Labute approximate surface area is 86.9 Å². The molecule has 0 aromatic rings. The number of carbonyl (C=O) groups is 1. The lowest BCUT2D eigenvalue weighted by Crippen LogP contribution is -2.13. The monoisotopic (exact) mass is 217 g/mol. The second-order valence-corrected chi connectivity index (χ2v) is 3.52. The van der Waals surface area contributed by atoms with Crippen molar-refractivity contribution >= 4 is 29.6 Å². The molecule has 0 aromatic carbocycles. The zero-order chi connectivity index (χ0) is 9.68. The molecule has 0 saturated heterocycles. The van der Waals surface area contributed by atoms with E-state index in [0.29, 0.717) is 24.4 Å². The number of hydrogen-bond donors (Lipinski definition) is 1. The maximum Gasteiger partial charge on any atom is 0.207 e. The first kappa shape index (κ1) is 10.4. The zero-order valence-electron chi connectivity index (χ0n) is 6.89. The zero-order valence-corrected chi connectivity index (χ0v) is 8.40. The van der Waals surface area contributed by atoms with E-state index in [1.54, 1.807) is 6.08 Å². The van der Waals surface area contributed by atoms with Gasteiger partial charge in [0.25, 0.3) is 0 Å². The summed E-state index contributed by atoms with van der Waals surface area (Å²) in [4.78, 5) is 10.1. The van der Waals surface area contributed by atoms with Crippen LogP contribution in [0.1, 0.15) is 6.42 Å². The number of rotatable bonds is 3. The van der Waals surface area contributed by atoms with Gasteiger partial charge in [-0.2, -0.15) is 0 Å². The lowest BCUT2D eigenvalue weighted by molar-refractivity contribution is -0.109. The molecule has 0 bridgehead atoms. The van der Waals surface area contributed by atoms with E-state index in [1.165, 1.54) is 0 Å². The van der Waals surface area contributed by atoms with E-state index in [4.69, 9.17) is 23.2 Å². The fourth-order valence-electron chi connectivity index (χ4n) is 0.994. The molecule has 0 spiro atoms. The molecule has 0 radical (unpaired) electrons. The summed E-state index contributed by atoms with van der Waals surface area (Å²) in [5.74, 6) is 0. The Balaban J connectivity index is 2.73. The highest BCUT2D eigenvalue weighted by molar-refractivity contribution is 6.32. The van der Waals surface area contributed by atoms with Crippen molar-refractivity contribution in [1.29, 1.82) is 0 Å². The average Bonchev–Trinajstić information content (AvgIpc) is 2.25. The van der Waals surface area contributed by atoms with E-state index in [-0.39, 0.29) is 0 Å². The molecule has 1 amide bonds. The highest BCUT2D eigenvalue weighted by Gasteiger charge is 2.01. The van der Waals surface area contributed by atoms with E-state index < -0.39 is 0 Å².